The fourth-order valence-electron chi connectivity index (χ4n) is 1.39. The molecule has 1 aromatic carbocycles. The molecule has 18 heavy (non-hydrogen) atoms. The first kappa shape index (κ1) is 12.7. The molecule has 0 aromatic heterocycles. The van der Waals surface area contributed by atoms with Crippen LogP contribution < -0.4 is 9.47 Å². The molecule has 0 amide bonds. The van der Waals surface area contributed by atoms with Crippen LogP contribution in [-0.4, -0.2) is 17.4 Å². The van der Waals surface area contributed by atoms with Crippen molar-refractivity contribution in [3.63, 3.8) is 0 Å². The maximum Gasteiger partial charge on any atom is 0.586 e. The molecule has 0 bridgehead atoms. The van der Waals surface area contributed by atoms with Crippen molar-refractivity contribution < 1.29 is 36.9 Å². The SMILES string of the molecule is O=C(O)C(F)(F)c1c(Cl)ccc2c1OC(F)(F)O2. The van der Waals surface area contributed by atoms with Gasteiger partial charge in [-0.2, -0.15) is 8.78 Å². The summed E-state index contributed by atoms with van der Waals surface area (Å²) in [4.78, 5) is 10.4. The number of hydrogen-bond donors (Lipinski definition) is 1. The summed E-state index contributed by atoms with van der Waals surface area (Å²) < 4.78 is 60.1. The van der Waals surface area contributed by atoms with Gasteiger partial charge in [-0.3, -0.25) is 0 Å². The smallest absolute Gasteiger partial charge is 0.477 e. The van der Waals surface area contributed by atoms with Gasteiger partial charge in [-0.15, -0.1) is 8.78 Å². The summed E-state index contributed by atoms with van der Waals surface area (Å²) >= 11 is 5.41. The second-order valence-electron chi connectivity index (χ2n) is 3.30. The van der Waals surface area contributed by atoms with Crippen LogP contribution >= 0.6 is 11.6 Å². The Morgan fingerprint density at radius 2 is 1.94 bits per heavy atom. The largest absolute Gasteiger partial charge is 0.586 e. The van der Waals surface area contributed by atoms with E-state index in [4.69, 9.17) is 16.7 Å². The number of carbonyl (C=O) groups is 1. The van der Waals surface area contributed by atoms with Crippen molar-refractivity contribution in [2.75, 3.05) is 0 Å². The Kier molecular flexibility index (Phi) is 2.58. The number of halogens is 5. The van der Waals surface area contributed by atoms with Crippen LogP contribution in [0.3, 0.4) is 0 Å². The quantitative estimate of drug-likeness (QED) is 0.849. The number of hydrogen-bond acceptors (Lipinski definition) is 3. The van der Waals surface area contributed by atoms with E-state index in [1.807, 2.05) is 0 Å². The second kappa shape index (κ2) is 3.64. The van der Waals surface area contributed by atoms with E-state index in [1.54, 1.807) is 0 Å². The van der Waals surface area contributed by atoms with E-state index in [-0.39, 0.29) is 0 Å². The van der Waals surface area contributed by atoms with Crippen molar-refractivity contribution in [2.24, 2.45) is 0 Å². The van der Waals surface area contributed by atoms with Gasteiger partial charge in [0.1, 0.15) is 0 Å². The lowest BCUT2D eigenvalue weighted by molar-refractivity contribution is -0.287. The van der Waals surface area contributed by atoms with Gasteiger partial charge in [-0.05, 0) is 12.1 Å². The number of carboxylic acid groups (broad SMARTS) is 1. The zero-order chi connectivity index (χ0) is 13.7. The van der Waals surface area contributed by atoms with E-state index >= 15 is 0 Å². The highest BCUT2D eigenvalue weighted by Crippen LogP contribution is 2.50. The monoisotopic (exact) mass is 286 g/mol. The minimum absolute atomic E-state index is 0.708. The van der Waals surface area contributed by atoms with Gasteiger partial charge in [0.15, 0.2) is 11.5 Å². The van der Waals surface area contributed by atoms with Gasteiger partial charge < -0.3 is 14.6 Å². The summed E-state index contributed by atoms with van der Waals surface area (Å²) in [6.07, 6.45) is -4.14. The molecule has 0 saturated heterocycles. The van der Waals surface area contributed by atoms with E-state index in [1.165, 1.54) is 0 Å². The molecule has 0 atom stereocenters. The van der Waals surface area contributed by atoms with Gasteiger partial charge in [0.05, 0.1) is 10.6 Å². The maximum absolute atomic E-state index is 13.4. The topological polar surface area (TPSA) is 55.8 Å². The molecule has 0 radical (unpaired) electrons. The number of ether oxygens (including phenoxy) is 2. The highest BCUT2D eigenvalue weighted by molar-refractivity contribution is 6.32. The molecular formula is C9H3ClF4O4. The van der Waals surface area contributed by atoms with Crippen molar-refractivity contribution in [3.8, 4) is 11.5 Å². The predicted molar refractivity (Wildman–Crippen MR) is 49.2 cm³/mol. The second-order valence-corrected chi connectivity index (χ2v) is 3.70. The summed E-state index contributed by atoms with van der Waals surface area (Å²) in [5.74, 6) is -8.82. The molecular weight excluding hydrogens is 284 g/mol. The standard InChI is InChI=1S/C9H3ClF4O4/c10-3-1-2-4-6(18-9(13,14)17-4)5(3)8(11,12)7(15)16/h1-2H,(H,15,16). The van der Waals surface area contributed by atoms with Gasteiger partial charge in [-0.25, -0.2) is 4.79 Å². The fraction of sp³-hybridized carbons (Fsp3) is 0.222. The van der Waals surface area contributed by atoms with Crippen LogP contribution in [-0.2, 0) is 10.7 Å². The van der Waals surface area contributed by atoms with Gasteiger partial charge in [0, 0.05) is 0 Å². The maximum atomic E-state index is 13.4. The Morgan fingerprint density at radius 3 is 2.50 bits per heavy atom. The number of fused-ring (bicyclic) bond motifs is 1. The molecule has 0 fully saturated rings. The van der Waals surface area contributed by atoms with Gasteiger partial charge in [0.2, 0.25) is 0 Å². The highest BCUT2D eigenvalue weighted by atomic mass is 35.5. The van der Waals surface area contributed by atoms with Gasteiger partial charge in [-0.1, -0.05) is 11.6 Å². The van der Waals surface area contributed by atoms with E-state index in [0.29, 0.717) is 0 Å². The van der Waals surface area contributed by atoms with E-state index in [9.17, 15) is 22.4 Å². The molecule has 0 aliphatic carbocycles. The van der Waals surface area contributed by atoms with Crippen molar-refractivity contribution in [3.05, 3.63) is 22.7 Å². The summed E-state index contributed by atoms with van der Waals surface area (Å²) in [6, 6.07) is 1.69. The van der Waals surface area contributed by atoms with Crippen LogP contribution in [0, 0.1) is 0 Å². The molecule has 0 spiro atoms. The number of rotatable bonds is 2. The Labute approximate surface area is 102 Å². The third kappa shape index (κ3) is 1.82. The first-order valence-electron chi connectivity index (χ1n) is 4.35. The molecule has 4 nitrogen and oxygen atoms in total. The first-order valence-corrected chi connectivity index (χ1v) is 4.73. The molecule has 98 valence electrons. The fourth-order valence-corrected chi connectivity index (χ4v) is 1.66. The first-order chi connectivity index (χ1) is 8.15. The molecule has 1 aliphatic heterocycles. The van der Waals surface area contributed by atoms with Gasteiger partial charge in [0.25, 0.3) is 0 Å². The molecule has 9 heteroatoms. The minimum Gasteiger partial charge on any atom is -0.477 e. The summed E-state index contributed by atoms with van der Waals surface area (Å²) in [7, 11) is 0. The zero-order valence-corrected chi connectivity index (χ0v) is 8.97. The lowest BCUT2D eigenvalue weighted by Crippen LogP contribution is -2.28. The highest BCUT2D eigenvalue weighted by Gasteiger charge is 2.52. The van der Waals surface area contributed by atoms with Crippen LogP contribution in [0.2, 0.25) is 5.02 Å². The van der Waals surface area contributed by atoms with Crippen LogP contribution in [0.4, 0.5) is 17.6 Å². The molecule has 0 unspecified atom stereocenters. The predicted octanol–water partition coefficient (Wildman–Crippen LogP) is 2.84. The molecule has 1 N–H and O–H groups in total. The Hall–Kier alpha value is -1.70. The lowest BCUT2D eigenvalue weighted by Gasteiger charge is -2.15. The average molecular weight is 287 g/mol. The molecule has 2 rings (SSSR count). The van der Waals surface area contributed by atoms with Crippen molar-refractivity contribution >= 4 is 17.6 Å². The molecule has 1 aliphatic rings. The van der Waals surface area contributed by atoms with Crippen molar-refractivity contribution in [2.45, 2.75) is 12.2 Å². The third-order valence-corrected chi connectivity index (χ3v) is 2.42. The van der Waals surface area contributed by atoms with E-state index < -0.39 is 40.3 Å². The molecule has 0 saturated carbocycles. The number of alkyl halides is 4. The van der Waals surface area contributed by atoms with Crippen LogP contribution in [0.1, 0.15) is 5.56 Å². The summed E-state index contributed by atoms with van der Waals surface area (Å²) in [5, 5.41) is 7.67. The Morgan fingerprint density at radius 1 is 1.33 bits per heavy atom. The minimum atomic E-state index is -4.48. The molecule has 1 heterocycles. The number of carboxylic acids is 1. The van der Waals surface area contributed by atoms with Crippen molar-refractivity contribution in [1.82, 2.24) is 0 Å². The summed E-state index contributed by atoms with van der Waals surface area (Å²) in [5.41, 5.74) is -1.37. The van der Waals surface area contributed by atoms with Crippen molar-refractivity contribution in [1.29, 1.82) is 0 Å². The average Bonchev–Trinajstić information content (AvgIpc) is 2.51. The summed E-state index contributed by atoms with van der Waals surface area (Å²) in [6.45, 7) is 0. The normalized spacial score (nSPS) is 16.7. The zero-order valence-electron chi connectivity index (χ0n) is 8.22. The lowest BCUT2D eigenvalue weighted by atomic mass is 10.1. The van der Waals surface area contributed by atoms with Crippen LogP contribution in [0.5, 0.6) is 11.5 Å². The van der Waals surface area contributed by atoms with E-state index in [0.717, 1.165) is 12.1 Å². The third-order valence-electron chi connectivity index (χ3n) is 2.10. The molecule has 1 aromatic rings. The van der Waals surface area contributed by atoms with E-state index in [2.05, 4.69) is 9.47 Å². The van der Waals surface area contributed by atoms with Crippen LogP contribution in [0.25, 0.3) is 0 Å². The number of benzene rings is 1. The van der Waals surface area contributed by atoms with Crippen LogP contribution in [0.15, 0.2) is 12.1 Å². The Bertz CT molecular complexity index is 532. The number of aliphatic carboxylic acids is 1. The Balaban J connectivity index is 2.64. The van der Waals surface area contributed by atoms with Gasteiger partial charge >= 0.3 is 18.2 Å².